The number of hydrogen-bond acceptors (Lipinski definition) is 5. The lowest BCUT2D eigenvalue weighted by Crippen LogP contribution is -2.35. The highest BCUT2D eigenvalue weighted by Crippen LogP contribution is 2.40. The van der Waals surface area contributed by atoms with Crippen LogP contribution in [0.15, 0.2) is 35.9 Å². The zero-order chi connectivity index (χ0) is 20.0. The number of amides is 1. The molecule has 0 unspecified atom stereocenters. The third kappa shape index (κ3) is 5.42. The number of benzene rings is 1. The Morgan fingerprint density at radius 3 is 2.44 bits per heavy atom. The fraction of sp³-hybridized carbons (Fsp3) is 0.476. The van der Waals surface area contributed by atoms with E-state index >= 15 is 0 Å². The van der Waals surface area contributed by atoms with Crippen molar-refractivity contribution in [3.63, 3.8) is 0 Å². The van der Waals surface area contributed by atoms with E-state index in [0.29, 0.717) is 19.4 Å². The summed E-state index contributed by atoms with van der Waals surface area (Å²) in [6, 6.07) is 9.50. The van der Waals surface area contributed by atoms with Crippen molar-refractivity contribution in [1.82, 2.24) is 4.90 Å². The highest BCUT2D eigenvalue weighted by atomic mass is 16.6. The molecule has 0 radical (unpaired) electrons. The molecule has 1 atom stereocenters. The molecule has 0 fully saturated rings. The molecule has 6 heteroatoms. The van der Waals surface area contributed by atoms with E-state index < -0.39 is 11.7 Å². The van der Waals surface area contributed by atoms with Crippen molar-refractivity contribution in [3.05, 3.63) is 41.5 Å². The maximum absolute atomic E-state index is 12.8. The molecule has 0 bridgehead atoms. The summed E-state index contributed by atoms with van der Waals surface area (Å²) in [6.45, 7) is 5.76. The molecular formula is C21H27NO5. The third-order valence-electron chi connectivity index (χ3n) is 4.30. The van der Waals surface area contributed by atoms with Crippen LogP contribution in [-0.2, 0) is 19.1 Å². The third-order valence-corrected chi connectivity index (χ3v) is 4.30. The average Bonchev–Trinajstić information content (AvgIpc) is 2.97. The van der Waals surface area contributed by atoms with E-state index in [1.807, 2.05) is 51.1 Å². The van der Waals surface area contributed by atoms with Gasteiger partial charge in [-0.25, -0.2) is 4.79 Å². The maximum Gasteiger partial charge on any atom is 0.414 e. The molecule has 27 heavy (non-hydrogen) atoms. The minimum atomic E-state index is -0.637. The van der Waals surface area contributed by atoms with Crippen LogP contribution < -0.4 is 0 Å². The van der Waals surface area contributed by atoms with Crippen molar-refractivity contribution in [2.45, 2.75) is 45.6 Å². The van der Waals surface area contributed by atoms with Gasteiger partial charge in [-0.3, -0.25) is 9.69 Å². The summed E-state index contributed by atoms with van der Waals surface area (Å²) >= 11 is 0. The second kappa shape index (κ2) is 8.84. The summed E-state index contributed by atoms with van der Waals surface area (Å²) in [5.41, 5.74) is 1.85. The van der Waals surface area contributed by atoms with Gasteiger partial charge in [-0.15, -0.1) is 0 Å². The predicted octanol–water partition coefficient (Wildman–Crippen LogP) is 3.81. The second-order valence-corrected chi connectivity index (χ2v) is 7.51. The van der Waals surface area contributed by atoms with Crippen molar-refractivity contribution in [2.75, 3.05) is 13.7 Å². The van der Waals surface area contributed by atoms with Crippen LogP contribution in [-0.4, -0.2) is 42.5 Å². The lowest BCUT2D eigenvalue weighted by atomic mass is 9.92. The molecule has 0 aromatic heterocycles. The number of carbonyl (C=O) groups is 3. The van der Waals surface area contributed by atoms with Gasteiger partial charge in [0.05, 0.1) is 19.2 Å². The summed E-state index contributed by atoms with van der Waals surface area (Å²) in [6.07, 6.45) is 1.35. The number of rotatable bonds is 6. The first-order valence-electron chi connectivity index (χ1n) is 9.06. The minimum absolute atomic E-state index is 0.153. The fourth-order valence-electron chi connectivity index (χ4n) is 3.22. The zero-order valence-corrected chi connectivity index (χ0v) is 16.4. The first-order chi connectivity index (χ1) is 12.8. The Kier molecular flexibility index (Phi) is 6.77. The zero-order valence-electron chi connectivity index (χ0n) is 16.4. The van der Waals surface area contributed by atoms with Gasteiger partial charge in [0.2, 0.25) is 0 Å². The number of hydrogen-bond donors (Lipinski definition) is 0. The Balaban J connectivity index is 2.48. The van der Waals surface area contributed by atoms with E-state index in [9.17, 15) is 14.4 Å². The van der Waals surface area contributed by atoms with Crippen molar-refractivity contribution in [1.29, 1.82) is 0 Å². The van der Waals surface area contributed by atoms with Crippen molar-refractivity contribution in [3.8, 4) is 0 Å². The molecule has 0 saturated heterocycles. The average molecular weight is 373 g/mol. The molecule has 6 nitrogen and oxygen atoms in total. The Labute approximate surface area is 160 Å². The molecule has 1 aromatic carbocycles. The number of aldehydes is 1. The maximum atomic E-state index is 12.8. The quantitative estimate of drug-likeness (QED) is 0.560. The lowest BCUT2D eigenvalue weighted by Gasteiger charge is -2.26. The van der Waals surface area contributed by atoms with Gasteiger partial charge in [0.25, 0.3) is 0 Å². The van der Waals surface area contributed by atoms with Crippen LogP contribution in [0.2, 0.25) is 0 Å². The van der Waals surface area contributed by atoms with Gasteiger partial charge in [-0.2, -0.15) is 0 Å². The van der Waals surface area contributed by atoms with Crippen LogP contribution in [0.5, 0.6) is 0 Å². The molecule has 0 saturated carbocycles. The Morgan fingerprint density at radius 1 is 1.22 bits per heavy atom. The molecule has 0 N–H and O–H groups in total. The number of methoxy groups -OCH3 is 1. The topological polar surface area (TPSA) is 72.9 Å². The highest BCUT2D eigenvalue weighted by Gasteiger charge is 2.38. The van der Waals surface area contributed by atoms with Gasteiger partial charge < -0.3 is 14.3 Å². The number of ether oxygens (including phenoxy) is 2. The SMILES string of the molecule is COC(=O)C[C@H]1CN(C(=O)OC(C)(C)C)C(c2ccccc2)=C1CCC=O. The molecule has 1 heterocycles. The van der Waals surface area contributed by atoms with E-state index in [0.717, 1.165) is 23.1 Å². The fourth-order valence-corrected chi connectivity index (χ4v) is 3.22. The predicted molar refractivity (Wildman–Crippen MR) is 102 cm³/mol. The molecule has 2 rings (SSSR count). The summed E-state index contributed by atoms with van der Waals surface area (Å²) in [7, 11) is 1.34. The van der Waals surface area contributed by atoms with Gasteiger partial charge in [0, 0.05) is 18.9 Å². The van der Waals surface area contributed by atoms with Crippen LogP contribution in [0.1, 0.15) is 45.6 Å². The molecule has 1 aliphatic heterocycles. The van der Waals surface area contributed by atoms with E-state index in [-0.39, 0.29) is 18.3 Å². The van der Waals surface area contributed by atoms with Gasteiger partial charge in [-0.05, 0) is 38.3 Å². The van der Waals surface area contributed by atoms with Crippen LogP contribution in [0, 0.1) is 5.92 Å². The first-order valence-corrected chi connectivity index (χ1v) is 9.06. The molecule has 0 aliphatic carbocycles. The summed E-state index contributed by atoms with van der Waals surface area (Å²) in [4.78, 5) is 37.3. The first kappa shape index (κ1) is 20.7. The summed E-state index contributed by atoms with van der Waals surface area (Å²) in [5, 5.41) is 0. The Hall–Kier alpha value is -2.63. The lowest BCUT2D eigenvalue weighted by molar-refractivity contribution is -0.141. The minimum Gasteiger partial charge on any atom is -0.469 e. The highest BCUT2D eigenvalue weighted by molar-refractivity contribution is 5.86. The van der Waals surface area contributed by atoms with Gasteiger partial charge in [-0.1, -0.05) is 30.3 Å². The standard InChI is InChI=1S/C21H27NO5/c1-21(2,3)27-20(25)22-14-16(13-18(24)26-4)17(11-8-12-23)19(22)15-9-6-5-7-10-15/h5-7,9-10,12,16H,8,11,13-14H2,1-4H3/t16-/m0/s1. The molecule has 1 amide bonds. The van der Waals surface area contributed by atoms with E-state index in [1.165, 1.54) is 7.11 Å². The second-order valence-electron chi connectivity index (χ2n) is 7.51. The van der Waals surface area contributed by atoms with Gasteiger partial charge in [0.1, 0.15) is 11.9 Å². The van der Waals surface area contributed by atoms with Crippen LogP contribution >= 0.6 is 0 Å². The largest absolute Gasteiger partial charge is 0.469 e. The smallest absolute Gasteiger partial charge is 0.414 e. The number of nitrogens with zero attached hydrogens (tertiary/aromatic N) is 1. The van der Waals surface area contributed by atoms with Gasteiger partial charge in [0.15, 0.2) is 0 Å². The summed E-state index contributed by atoms with van der Waals surface area (Å²) in [5.74, 6) is -0.554. The molecule has 1 aromatic rings. The van der Waals surface area contributed by atoms with Crippen molar-refractivity contribution >= 4 is 24.0 Å². The van der Waals surface area contributed by atoms with Crippen LogP contribution in [0.3, 0.4) is 0 Å². The number of esters is 1. The van der Waals surface area contributed by atoms with E-state index in [2.05, 4.69) is 0 Å². The van der Waals surface area contributed by atoms with E-state index in [1.54, 1.807) is 4.90 Å². The van der Waals surface area contributed by atoms with Crippen molar-refractivity contribution < 1.29 is 23.9 Å². The normalized spacial score (nSPS) is 17.0. The Morgan fingerprint density at radius 2 is 1.89 bits per heavy atom. The van der Waals surface area contributed by atoms with Crippen molar-refractivity contribution in [2.24, 2.45) is 5.92 Å². The van der Waals surface area contributed by atoms with Crippen LogP contribution in [0.4, 0.5) is 4.79 Å². The van der Waals surface area contributed by atoms with E-state index in [4.69, 9.17) is 9.47 Å². The molecule has 1 aliphatic rings. The van der Waals surface area contributed by atoms with Crippen LogP contribution in [0.25, 0.3) is 5.70 Å². The Bertz CT molecular complexity index is 718. The molecule has 146 valence electrons. The monoisotopic (exact) mass is 373 g/mol. The number of carbonyl (C=O) groups excluding carboxylic acids is 3. The molecular weight excluding hydrogens is 346 g/mol. The molecule has 0 spiro atoms. The van der Waals surface area contributed by atoms with Gasteiger partial charge >= 0.3 is 12.1 Å². The summed E-state index contributed by atoms with van der Waals surface area (Å²) < 4.78 is 10.4.